The number of aromatic carboxylic acids is 1. The van der Waals surface area contributed by atoms with Gasteiger partial charge in [-0.25, -0.2) is 5.26 Å². The summed E-state index contributed by atoms with van der Waals surface area (Å²) < 4.78 is 25.7. The Hall–Kier alpha value is -4.28. The lowest BCUT2D eigenvalue weighted by Gasteiger charge is -2.21. The third-order valence-electron chi connectivity index (χ3n) is 6.43. The van der Waals surface area contributed by atoms with Gasteiger partial charge in [-0.2, -0.15) is 4.33 Å². The lowest BCUT2D eigenvalue weighted by Crippen LogP contribution is -2.28. The molecule has 2 aromatic carbocycles. The van der Waals surface area contributed by atoms with Crippen LogP contribution < -0.4 is 26.8 Å². The van der Waals surface area contributed by atoms with Gasteiger partial charge in [0.1, 0.15) is 9.79 Å². The Kier molecular flexibility index (Phi) is 12.9. The maximum atomic E-state index is 13.1. The van der Waals surface area contributed by atoms with Gasteiger partial charge in [-0.1, -0.05) is 11.1 Å². The van der Waals surface area contributed by atoms with Crippen molar-refractivity contribution >= 4 is 58.6 Å². The molecule has 47 heavy (non-hydrogen) atoms. The number of ether oxygens (including phenoxy) is 2. The van der Waals surface area contributed by atoms with Crippen LogP contribution in [-0.2, 0) is 33.0 Å². The van der Waals surface area contributed by atoms with Crippen LogP contribution in [0, 0.1) is 5.41 Å². The van der Waals surface area contributed by atoms with E-state index in [4.69, 9.17) is 35.4 Å². The highest BCUT2D eigenvalue weighted by Gasteiger charge is 2.26. The molecule has 2 aliphatic rings. The second-order valence-electron chi connectivity index (χ2n) is 9.27. The molecule has 1 amide bonds. The minimum atomic E-state index is -1.56. The fourth-order valence-electron chi connectivity index (χ4n) is 4.43. The van der Waals surface area contributed by atoms with E-state index in [1.54, 1.807) is 0 Å². The maximum absolute atomic E-state index is 13.1. The third-order valence-corrected chi connectivity index (χ3v) is 7.84. The summed E-state index contributed by atoms with van der Waals surface area (Å²) in [6, 6.07) is 9.65. The summed E-state index contributed by atoms with van der Waals surface area (Å²) in [4.78, 5) is 36.0. The standard InChI is InChI=1S/C28H27N3O14S2/c29-19-5-3-16-22(17-4-6-20(30)26(47-45-43-38)24(17)41-23(16)25(19)46-44-42-37)18-13-14(1-2-15(18)28(35)36)27(34)31-8-10-40-12-11-39-9-7-21(32)33/h1-6,13,29,37-38H,7-12,30H2,(H,31,34)(H,32,33)(H,35,36)/p-2. The summed E-state index contributed by atoms with van der Waals surface area (Å²) in [7, 11) is 0. The molecule has 0 saturated heterocycles. The lowest BCUT2D eigenvalue weighted by molar-refractivity contribution is -0.777. The molecule has 4 rings (SSSR count). The Morgan fingerprint density at radius 3 is 2.40 bits per heavy atom. The number of carbonyl (C=O) groups is 3. The fraction of sp³-hybridized carbons (Fsp3) is 0.214. The number of carboxylic acid groups (broad SMARTS) is 2. The predicted octanol–water partition coefficient (Wildman–Crippen LogP) is 1.53. The fourth-order valence-corrected chi connectivity index (χ4v) is 5.40. The van der Waals surface area contributed by atoms with Crippen molar-refractivity contribution in [3.8, 4) is 22.5 Å². The van der Waals surface area contributed by atoms with Gasteiger partial charge in [0.25, 0.3) is 5.91 Å². The molecule has 6 N–H and O–H groups in total. The number of carboxylic acids is 2. The molecule has 1 heterocycles. The van der Waals surface area contributed by atoms with Crippen molar-refractivity contribution in [2.75, 3.05) is 38.7 Å². The van der Waals surface area contributed by atoms with Crippen LogP contribution in [-0.4, -0.2) is 61.2 Å². The van der Waals surface area contributed by atoms with E-state index in [-0.39, 0.29) is 105 Å². The average Bonchev–Trinajstić information content (AvgIpc) is 3.05. The minimum Gasteiger partial charge on any atom is -0.691 e. The monoisotopic (exact) mass is 691 g/mol. The smallest absolute Gasteiger partial charge is 0.305 e. The number of nitrogen functional groups attached to an aromatic ring is 1. The molecule has 2 aromatic rings. The molecule has 0 bridgehead atoms. The molecule has 1 aliphatic carbocycles. The number of hydrogen-bond acceptors (Lipinski definition) is 17. The quantitative estimate of drug-likeness (QED) is 0.0247. The molecule has 0 aromatic heterocycles. The predicted molar refractivity (Wildman–Crippen MR) is 158 cm³/mol. The van der Waals surface area contributed by atoms with E-state index in [1.807, 2.05) is 0 Å². The molecular formula is C28H25N3O14S2-2. The molecule has 0 unspecified atom stereocenters. The normalized spacial score (nSPS) is 11.3. The SMILES string of the molecule is N=c1ccc2c(-c3cc(C(=O)NCCOCCOCCC(=O)O)ccc3C(=O)[O-])c3ccc(N)c(SOOO)c3oc-2c1SOO[O-]. The first-order valence-electron chi connectivity index (χ1n) is 13.3. The van der Waals surface area contributed by atoms with Crippen molar-refractivity contribution in [1.29, 1.82) is 5.41 Å². The molecule has 0 spiro atoms. The number of benzene rings is 3. The van der Waals surface area contributed by atoms with Crippen LogP contribution in [0.4, 0.5) is 5.69 Å². The summed E-state index contributed by atoms with van der Waals surface area (Å²) in [6.45, 7) is 0.586. The Bertz CT molecular complexity index is 1780. The first-order chi connectivity index (χ1) is 22.7. The molecule has 0 radical (unpaired) electrons. The number of hydrogen-bond donors (Lipinski definition) is 5. The summed E-state index contributed by atoms with van der Waals surface area (Å²) in [5.41, 5.74) is 6.47. The van der Waals surface area contributed by atoms with Crippen molar-refractivity contribution in [3.05, 3.63) is 58.9 Å². The molecular weight excluding hydrogens is 666 g/mol. The van der Waals surface area contributed by atoms with Crippen LogP contribution in [0.25, 0.3) is 33.4 Å². The second kappa shape index (κ2) is 17.0. The van der Waals surface area contributed by atoms with E-state index >= 15 is 0 Å². The van der Waals surface area contributed by atoms with E-state index in [0.717, 1.165) is 0 Å². The lowest BCUT2D eigenvalue weighted by atomic mass is 9.89. The zero-order valence-electron chi connectivity index (χ0n) is 24.0. The Balaban J connectivity index is 1.75. The van der Waals surface area contributed by atoms with Crippen molar-refractivity contribution in [2.24, 2.45) is 0 Å². The topological polar surface area (TPSA) is 268 Å². The number of nitrogens with two attached hydrogens (primary N) is 1. The zero-order valence-corrected chi connectivity index (χ0v) is 25.6. The van der Waals surface area contributed by atoms with Crippen LogP contribution >= 0.6 is 24.1 Å². The molecule has 1 aliphatic heterocycles. The number of aliphatic carboxylic acids is 1. The highest BCUT2D eigenvalue weighted by molar-refractivity contribution is 7.95. The largest absolute Gasteiger partial charge is 0.691 e. The van der Waals surface area contributed by atoms with Gasteiger partial charge in [-0.15, -0.1) is 4.33 Å². The van der Waals surface area contributed by atoms with Gasteiger partial charge in [0, 0.05) is 34.2 Å². The van der Waals surface area contributed by atoms with Crippen LogP contribution in [0.3, 0.4) is 0 Å². The second-order valence-corrected chi connectivity index (χ2v) is 10.7. The van der Waals surface area contributed by atoms with E-state index in [2.05, 4.69) is 24.1 Å². The summed E-state index contributed by atoms with van der Waals surface area (Å²) >= 11 is 0.837. The van der Waals surface area contributed by atoms with Gasteiger partial charge < -0.3 is 45.2 Å². The van der Waals surface area contributed by atoms with Crippen LogP contribution in [0.5, 0.6) is 0 Å². The van der Waals surface area contributed by atoms with Gasteiger partial charge in [-0.3, -0.25) is 20.0 Å². The van der Waals surface area contributed by atoms with Crippen molar-refractivity contribution in [1.82, 2.24) is 5.32 Å². The summed E-state index contributed by atoms with van der Waals surface area (Å²) in [5, 5.41) is 58.7. The molecule has 19 heteroatoms. The molecule has 250 valence electrons. The van der Waals surface area contributed by atoms with Gasteiger partial charge in [0.2, 0.25) is 0 Å². The number of carbonyl (C=O) groups excluding carboxylic acids is 2. The van der Waals surface area contributed by atoms with Gasteiger partial charge in [-0.05, 0) is 42.0 Å². The number of amides is 1. The zero-order chi connectivity index (χ0) is 33.9. The van der Waals surface area contributed by atoms with E-state index < -0.39 is 17.8 Å². The molecule has 0 fully saturated rings. The first kappa shape index (κ1) is 35.6. The molecule has 0 saturated carbocycles. The van der Waals surface area contributed by atoms with Gasteiger partial charge >= 0.3 is 5.97 Å². The number of rotatable bonds is 18. The highest BCUT2D eigenvalue weighted by atomic mass is 32.2. The first-order valence-corrected chi connectivity index (χ1v) is 14.8. The highest BCUT2D eigenvalue weighted by Crippen LogP contribution is 2.47. The van der Waals surface area contributed by atoms with Crippen LogP contribution in [0.2, 0.25) is 0 Å². The Morgan fingerprint density at radius 1 is 0.957 bits per heavy atom. The summed E-state index contributed by atoms with van der Waals surface area (Å²) in [5.74, 6) is -3.16. The average molecular weight is 692 g/mol. The van der Waals surface area contributed by atoms with Crippen molar-refractivity contribution < 1.29 is 67.7 Å². The number of fused-ring (bicyclic) bond motifs is 2. The third kappa shape index (κ3) is 8.75. The van der Waals surface area contributed by atoms with Gasteiger partial charge in [0.15, 0.2) is 11.3 Å². The summed E-state index contributed by atoms with van der Waals surface area (Å²) in [6.07, 6.45) is -0.129. The minimum absolute atomic E-state index is 0.00622. The van der Waals surface area contributed by atoms with E-state index in [0.29, 0.717) is 24.1 Å². The Morgan fingerprint density at radius 2 is 1.70 bits per heavy atom. The number of anilines is 1. The van der Waals surface area contributed by atoms with Crippen molar-refractivity contribution in [2.45, 2.75) is 16.2 Å². The number of nitrogens with one attached hydrogen (secondary N) is 2. The Labute approximate surface area is 273 Å². The molecule has 0 atom stereocenters. The molecule has 17 nitrogen and oxygen atoms in total. The van der Waals surface area contributed by atoms with Gasteiger partial charge in [0.05, 0.1) is 73.9 Å². The van der Waals surface area contributed by atoms with Crippen LogP contribution in [0.1, 0.15) is 27.1 Å². The van der Waals surface area contributed by atoms with E-state index in [9.17, 15) is 24.7 Å². The maximum Gasteiger partial charge on any atom is 0.305 e. The van der Waals surface area contributed by atoms with E-state index in [1.165, 1.54) is 42.5 Å². The van der Waals surface area contributed by atoms with Crippen molar-refractivity contribution in [3.63, 3.8) is 0 Å². The van der Waals surface area contributed by atoms with Crippen LogP contribution in [0.15, 0.2) is 56.7 Å².